The molecule has 3 heterocycles. The number of likely N-dealkylation sites (tertiary alicyclic amines) is 1. The standard InChI is InChI=1S/C25H25N5O3/c1-25(2,3)33-24(31)30-15-19(16-30)7-18-8-20(12-27-11-18)21-13-28-23(29-14-21)32-22-6-4-5-17(9-22)10-26/h4-6,8-9,11-14,19H,7,15-16H2,1-3H3. The van der Waals surface area contributed by atoms with Gasteiger partial charge in [0.1, 0.15) is 11.4 Å². The molecule has 1 amide bonds. The zero-order chi connectivity index (χ0) is 23.4. The molecule has 0 aliphatic carbocycles. The smallest absolute Gasteiger partial charge is 0.410 e. The first-order valence-electron chi connectivity index (χ1n) is 10.7. The minimum Gasteiger partial charge on any atom is -0.444 e. The number of rotatable bonds is 5. The van der Waals surface area contributed by atoms with Crippen molar-refractivity contribution in [2.24, 2.45) is 5.92 Å². The summed E-state index contributed by atoms with van der Waals surface area (Å²) in [6.45, 7) is 6.97. The van der Waals surface area contributed by atoms with E-state index in [9.17, 15) is 4.79 Å². The van der Waals surface area contributed by atoms with Crippen LogP contribution in [0.15, 0.2) is 55.1 Å². The number of hydrogen-bond acceptors (Lipinski definition) is 7. The molecule has 0 atom stereocenters. The fourth-order valence-electron chi connectivity index (χ4n) is 3.52. The Balaban J connectivity index is 1.35. The second-order valence-electron chi connectivity index (χ2n) is 9.03. The van der Waals surface area contributed by atoms with Crippen LogP contribution in [-0.2, 0) is 11.2 Å². The third-order valence-corrected chi connectivity index (χ3v) is 5.06. The van der Waals surface area contributed by atoms with Crippen molar-refractivity contribution in [1.82, 2.24) is 19.9 Å². The predicted octanol–water partition coefficient (Wildman–Crippen LogP) is 4.61. The van der Waals surface area contributed by atoms with Gasteiger partial charge in [0, 0.05) is 49.0 Å². The number of nitrogens with zero attached hydrogens (tertiary/aromatic N) is 5. The Morgan fingerprint density at radius 1 is 1.12 bits per heavy atom. The van der Waals surface area contributed by atoms with Gasteiger partial charge in [-0.1, -0.05) is 6.07 Å². The van der Waals surface area contributed by atoms with Crippen molar-refractivity contribution in [1.29, 1.82) is 5.26 Å². The Morgan fingerprint density at radius 2 is 1.88 bits per heavy atom. The number of benzene rings is 1. The van der Waals surface area contributed by atoms with Gasteiger partial charge in [0.15, 0.2) is 0 Å². The monoisotopic (exact) mass is 443 g/mol. The molecule has 33 heavy (non-hydrogen) atoms. The molecule has 8 heteroatoms. The molecule has 3 aromatic rings. The number of amides is 1. The molecular formula is C25H25N5O3. The Hall–Kier alpha value is -3.99. The maximum atomic E-state index is 12.1. The molecule has 0 bridgehead atoms. The zero-order valence-corrected chi connectivity index (χ0v) is 18.9. The Bertz CT molecular complexity index is 1180. The average molecular weight is 444 g/mol. The second kappa shape index (κ2) is 9.25. The number of aromatic nitrogens is 3. The Kier molecular flexibility index (Phi) is 6.22. The molecule has 0 unspecified atom stereocenters. The number of hydrogen-bond donors (Lipinski definition) is 0. The summed E-state index contributed by atoms with van der Waals surface area (Å²) in [7, 11) is 0. The number of pyridine rings is 1. The van der Waals surface area contributed by atoms with Crippen LogP contribution in [0.3, 0.4) is 0 Å². The van der Waals surface area contributed by atoms with Gasteiger partial charge in [-0.25, -0.2) is 14.8 Å². The van der Waals surface area contributed by atoms with Crippen molar-refractivity contribution < 1.29 is 14.3 Å². The van der Waals surface area contributed by atoms with Crippen LogP contribution in [-0.4, -0.2) is 44.6 Å². The fraction of sp³-hybridized carbons (Fsp3) is 0.320. The highest BCUT2D eigenvalue weighted by atomic mass is 16.6. The van der Waals surface area contributed by atoms with Crippen LogP contribution < -0.4 is 4.74 Å². The quantitative estimate of drug-likeness (QED) is 0.567. The van der Waals surface area contributed by atoms with E-state index in [0.29, 0.717) is 30.3 Å². The molecule has 4 rings (SSSR count). The van der Waals surface area contributed by atoms with Gasteiger partial charge in [-0.15, -0.1) is 0 Å². The van der Waals surface area contributed by atoms with E-state index >= 15 is 0 Å². The van der Waals surface area contributed by atoms with Gasteiger partial charge in [0.25, 0.3) is 0 Å². The largest absolute Gasteiger partial charge is 0.444 e. The molecule has 0 N–H and O–H groups in total. The lowest BCUT2D eigenvalue weighted by molar-refractivity contribution is -0.000887. The minimum absolute atomic E-state index is 0.203. The van der Waals surface area contributed by atoms with Crippen molar-refractivity contribution >= 4 is 6.09 Å². The van der Waals surface area contributed by atoms with Crippen LogP contribution in [0.4, 0.5) is 4.79 Å². The first-order chi connectivity index (χ1) is 15.8. The van der Waals surface area contributed by atoms with Gasteiger partial charge in [-0.3, -0.25) is 4.98 Å². The van der Waals surface area contributed by atoms with Crippen molar-refractivity contribution in [3.63, 3.8) is 0 Å². The average Bonchev–Trinajstić information content (AvgIpc) is 2.75. The summed E-state index contributed by atoms with van der Waals surface area (Å²) < 4.78 is 11.1. The summed E-state index contributed by atoms with van der Waals surface area (Å²) >= 11 is 0. The molecule has 0 saturated carbocycles. The molecule has 1 fully saturated rings. The van der Waals surface area contributed by atoms with Crippen LogP contribution in [0.1, 0.15) is 31.9 Å². The molecule has 168 valence electrons. The van der Waals surface area contributed by atoms with Crippen LogP contribution in [0, 0.1) is 17.2 Å². The summed E-state index contributed by atoms with van der Waals surface area (Å²) in [6, 6.07) is 11.2. The van der Waals surface area contributed by atoms with Crippen LogP contribution in [0.5, 0.6) is 11.8 Å². The molecule has 1 aliphatic heterocycles. The van der Waals surface area contributed by atoms with E-state index in [0.717, 1.165) is 23.1 Å². The minimum atomic E-state index is -0.482. The highest BCUT2D eigenvalue weighted by Crippen LogP contribution is 2.26. The highest BCUT2D eigenvalue weighted by Gasteiger charge is 2.33. The predicted molar refractivity (Wildman–Crippen MR) is 121 cm³/mol. The SMILES string of the molecule is CC(C)(C)OC(=O)N1CC(Cc2cncc(-c3cnc(Oc4cccc(C#N)c4)nc3)c2)C1. The molecular weight excluding hydrogens is 418 g/mol. The third-order valence-electron chi connectivity index (χ3n) is 5.06. The van der Waals surface area contributed by atoms with Gasteiger partial charge < -0.3 is 14.4 Å². The van der Waals surface area contributed by atoms with Crippen molar-refractivity contribution in [3.05, 3.63) is 66.2 Å². The van der Waals surface area contributed by atoms with Crippen molar-refractivity contribution in [3.8, 4) is 29.0 Å². The van der Waals surface area contributed by atoms with E-state index < -0.39 is 5.60 Å². The molecule has 8 nitrogen and oxygen atoms in total. The Morgan fingerprint density at radius 3 is 2.58 bits per heavy atom. The highest BCUT2D eigenvalue weighted by molar-refractivity contribution is 5.69. The fourth-order valence-corrected chi connectivity index (χ4v) is 3.52. The first-order valence-corrected chi connectivity index (χ1v) is 10.7. The number of ether oxygens (including phenoxy) is 2. The number of carbonyl (C=O) groups is 1. The van der Waals surface area contributed by atoms with Gasteiger partial charge in [0.2, 0.25) is 0 Å². The Labute approximate surface area is 192 Å². The van der Waals surface area contributed by atoms with Crippen molar-refractivity contribution in [2.45, 2.75) is 32.8 Å². The van der Waals surface area contributed by atoms with Crippen molar-refractivity contribution in [2.75, 3.05) is 13.1 Å². The molecule has 2 aromatic heterocycles. The van der Waals surface area contributed by atoms with Gasteiger partial charge >= 0.3 is 12.1 Å². The first kappa shape index (κ1) is 22.2. The van der Waals surface area contributed by atoms with E-state index in [1.165, 1.54) is 0 Å². The van der Waals surface area contributed by atoms with Crippen LogP contribution in [0.2, 0.25) is 0 Å². The molecule has 1 aliphatic rings. The maximum Gasteiger partial charge on any atom is 0.410 e. The third kappa shape index (κ3) is 5.83. The molecule has 0 radical (unpaired) electrons. The summed E-state index contributed by atoms with van der Waals surface area (Å²) in [4.78, 5) is 26.8. The second-order valence-corrected chi connectivity index (χ2v) is 9.03. The van der Waals surface area contributed by atoms with E-state index in [4.69, 9.17) is 14.7 Å². The summed E-state index contributed by atoms with van der Waals surface area (Å²) in [6.07, 6.45) is 7.56. The van der Waals surface area contributed by atoms with Gasteiger partial charge in [-0.05, 0) is 62.9 Å². The molecule has 1 saturated heterocycles. The molecule has 1 aromatic carbocycles. The van der Waals surface area contributed by atoms with Crippen LogP contribution in [0.25, 0.3) is 11.1 Å². The van der Waals surface area contributed by atoms with E-state index in [-0.39, 0.29) is 12.1 Å². The summed E-state index contributed by atoms with van der Waals surface area (Å²) in [5, 5.41) is 9.00. The topological polar surface area (TPSA) is 101 Å². The number of nitriles is 1. The number of carbonyl (C=O) groups excluding carboxylic acids is 1. The summed E-state index contributed by atoms with van der Waals surface area (Å²) in [5.41, 5.74) is 2.85. The lowest BCUT2D eigenvalue weighted by Gasteiger charge is -2.39. The van der Waals surface area contributed by atoms with E-state index in [2.05, 4.69) is 27.1 Å². The summed E-state index contributed by atoms with van der Waals surface area (Å²) in [5.74, 6) is 0.886. The zero-order valence-electron chi connectivity index (χ0n) is 18.9. The van der Waals surface area contributed by atoms with Gasteiger partial charge in [-0.2, -0.15) is 5.26 Å². The van der Waals surface area contributed by atoms with Crippen LogP contribution >= 0.6 is 0 Å². The van der Waals surface area contributed by atoms with E-state index in [1.807, 2.05) is 27.0 Å². The maximum absolute atomic E-state index is 12.1. The molecule has 0 spiro atoms. The lowest BCUT2D eigenvalue weighted by atomic mass is 9.92. The lowest BCUT2D eigenvalue weighted by Crippen LogP contribution is -2.52. The van der Waals surface area contributed by atoms with Gasteiger partial charge in [0.05, 0.1) is 11.6 Å². The van der Waals surface area contributed by atoms with E-state index in [1.54, 1.807) is 47.8 Å². The normalized spacial score (nSPS) is 13.7.